The van der Waals surface area contributed by atoms with E-state index in [9.17, 15) is 19.2 Å². The molecule has 2 aliphatic rings. The highest BCUT2D eigenvalue weighted by atomic mass is 32.1. The number of ketones is 1. The SMILES string of the molecule is CC(C)C[C@]1(C([NH])=O)C(=O)[C@H]2O[C@@H]2C(=O)N1N[C@@H](CS)C(=O)O. The number of thiol groups is 1. The smallest absolute Gasteiger partial charge is 0.323 e. The average molecular weight is 344 g/mol. The van der Waals surface area contributed by atoms with Gasteiger partial charge in [0.25, 0.3) is 11.8 Å². The molecule has 2 heterocycles. The molecule has 2 rings (SSSR count). The van der Waals surface area contributed by atoms with Crippen molar-refractivity contribution < 1.29 is 29.0 Å². The fourth-order valence-electron chi connectivity index (χ4n) is 2.75. The van der Waals surface area contributed by atoms with Crippen LogP contribution in [0.5, 0.6) is 0 Å². The summed E-state index contributed by atoms with van der Waals surface area (Å²) in [5.41, 5.74) is 7.87. The third kappa shape index (κ3) is 2.81. The molecule has 10 heteroatoms. The van der Waals surface area contributed by atoms with Gasteiger partial charge in [0.15, 0.2) is 17.7 Å². The molecule has 23 heavy (non-hydrogen) atoms. The number of hydrogen-bond acceptors (Lipinski definition) is 7. The molecule has 0 spiro atoms. The molecule has 0 bridgehead atoms. The average Bonchev–Trinajstić information content (AvgIpc) is 3.23. The second-order valence-electron chi connectivity index (χ2n) is 6.01. The van der Waals surface area contributed by atoms with Crippen LogP contribution in [0.25, 0.3) is 0 Å². The quantitative estimate of drug-likeness (QED) is 0.294. The number of ether oxygens (including phenoxy) is 1. The maximum absolute atomic E-state index is 12.6. The Kier molecular flexibility index (Phi) is 4.69. The van der Waals surface area contributed by atoms with E-state index in [-0.39, 0.29) is 18.1 Å². The fourth-order valence-corrected chi connectivity index (χ4v) is 2.99. The Morgan fingerprint density at radius 1 is 1.43 bits per heavy atom. The number of nitrogens with zero attached hydrogens (tertiary/aromatic N) is 1. The number of carbonyl (C=O) groups excluding carboxylic acids is 3. The Balaban J connectivity index is 2.46. The fraction of sp³-hybridized carbons (Fsp3) is 0.692. The molecule has 0 aromatic carbocycles. The summed E-state index contributed by atoms with van der Waals surface area (Å²) >= 11 is 3.89. The number of fused-ring (bicyclic) bond motifs is 1. The van der Waals surface area contributed by atoms with Crippen LogP contribution in [0, 0.1) is 5.92 Å². The van der Waals surface area contributed by atoms with Gasteiger partial charge in [0.05, 0.1) is 0 Å². The van der Waals surface area contributed by atoms with E-state index in [1.807, 2.05) is 0 Å². The van der Waals surface area contributed by atoms with Gasteiger partial charge in [-0.05, 0) is 12.3 Å². The van der Waals surface area contributed by atoms with Crippen LogP contribution in [-0.4, -0.2) is 63.2 Å². The molecule has 0 unspecified atom stereocenters. The van der Waals surface area contributed by atoms with Gasteiger partial charge in [-0.2, -0.15) is 12.6 Å². The van der Waals surface area contributed by atoms with Crippen molar-refractivity contribution in [1.82, 2.24) is 16.2 Å². The van der Waals surface area contributed by atoms with Crippen LogP contribution < -0.4 is 11.2 Å². The Hall–Kier alpha value is -1.65. The summed E-state index contributed by atoms with van der Waals surface area (Å²) in [6.45, 7) is 3.46. The van der Waals surface area contributed by atoms with Gasteiger partial charge in [0.2, 0.25) is 5.78 Å². The lowest BCUT2D eigenvalue weighted by Crippen LogP contribution is -2.73. The molecule has 0 aliphatic carbocycles. The number of rotatable bonds is 7. The number of Topliss-reactive ketones (excluding diaryl/α,β-unsaturated/α-hetero) is 1. The third-order valence-corrected chi connectivity index (χ3v) is 4.21. The summed E-state index contributed by atoms with van der Waals surface area (Å²) in [7, 11) is 0. The molecular formula is C13H18N3O6S. The summed E-state index contributed by atoms with van der Waals surface area (Å²) in [5, 5.41) is 9.81. The first-order valence-electron chi connectivity index (χ1n) is 7.06. The third-order valence-electron chi connectivity index (χ3n) is 3.85. The summed E-state index contributed by atoms with van der Waals surface area (Å²) in [5.74, 6) is -4.34. The number of carboxylic acid groups (broad SMARTS) is 1. The van der Waals surface area contributed by atoms with E-state index >= 15 is 0 Å². The van der Waals surface area contributed by atoms with E-state index in [2.05, 4.69) is 18.1 Å². The van der Waals surface area contributed by atoms with Gasteiger partial charge < -0.3 is 9.84 Å². The number of aliphatic carboxylic acids is 1. The summed E-state index contributed by atoms with van der Waals surface area (Å²) in [6, 6.07) is -1.30. The molecule has 2 fully saturated rings. The highest BCUT2D eigenvalue weighted by molar-refractivity contribution is 7.80. The largest absolute Gasteiger partial charge is 0.480 e. The number of carboxylic acids is 1. The van der Waals surface area contributed by atoms with Crippen molar-refractivity contribution in [2.24, 2.45) is 5.92 Å². The van der Waals surface area contributed by atoms with Crippen molar-refractivity contribution in [2.75, 3.05) is 5.75 Å². The van der Waals surface area contributed by atoms with Crippen molar-refractivity contribution in [3.8, 4) is 0 Å². The van der Waals surface area contributed by atoms with Gasteiger partial charge in [-0.15, -0.1) is 0 Å². The van der Waals surface area contributed by atoms with Crippen LogP contribution in [-0.2, 0) is 23.9 Å². The van der Waals surface area contributed by atoms with Crippen LogP contribution in [0.15, 0.2) is 0 Å². The number of nitrogens with one attached hydrogen (secondary N) is 2. The van der Waals surface area contributed by atoms with E-state index in [0.717, 1.165) is 0 Å². The van der Waals surface area contributed by atoms with Gasteiger partial charge in [0.1, 0.15) is 6.04 Å². The number of hydrogen-bond donors (Lipinski definition) is 3. The van der Waals surface area contributed by atoms with Gasteiger partial charge in [-0.1, -0.05) is 13.8 Å². The molecule has 0 saturated carbocycles. The summed E-state index contributed by atoms with van der Waals surface area (Å²) < 4.78 is 5.01. The molecule has 3 N–H and O–H groups in total. The lowest BCUT2D eigenvalue weighted by molar-refractivity contribution is -0.166. The Morgan fingerprint density at radius 3 is 2.48 bits per heavy atom. The zero-order valence-corrected chi connectivity index (χ0v) is 13.5. The monoisotopic (exact) mass is 344 g/mol. The first-order chi connectivity index (χ1) is 10.7. The second-order valence-corrected chi connectivity index (χ2v) is 6.37. The second kappa shape index (κ2) is 6.10. The first kappa shape index (κ1) is 17.7. The Labute approximate surface area is 137 Å². The van der Waals surface area contributed by atoms with E-state index in [1.165, 1.54) is 0 Å². The van der Waals surface area contributed by atoms with E-state index in [0.29, 0.717) is 5.01 Å². The topological polar surface area (TPSA) is 140 Å². The predicted octanol–water partition coefficient (Wildman–Crippen LogP) is -1.35. The van der Waals surface area contributed by atoms with Crippen molar-refractivity contribution in [3.05, 3.63) is 0 Å². The summed E-state index contributed by atoms with van der Waals surface area (Å²) in [6.07, 6.45) is -2.16. The zero-order valence-electron chi connectivity index (χ0n) is 12.6. The molecule has 2 aliphatic heterocycles. The zero-order chi connectivity index (χ0) is 17.5. The molecule has 0 aromatic rings. The minimum absolute atomic E-state index is 0.0988. The van der Waals surface area contributed by atoms with Crippen molar-refractivity contribution >= 4 is 36.2 Å². The van der Waals surface area contributed by atoms with Gasteiger partial charge >= 0.3 is 5.97 Å². The van der Waals surface area contributed by atoms with Crippen molar-refractivity contribution in [2.45, 2.75) is 44.1 Å². The highest BCUT2D eigenvalue weighted by Crippen LogP contribution is 2.40. The molecule has 9 nitrogen and oxygen atoms in total. The number of piperidine rings is 1. The van der Waals surface area contributed by atoms with Gasteiger partial charge in [-0.25, -0.2) is 5.43 Å². The van der Waals surface area contributed by atoms with E-state index < -0.39 is 47.4 Å². The van der Waals surface area contributed by atoms with E-state index in [4.69, 9.17) is 15.6 Å². The molecule has 4 atom stereocenters. The molecule has 127 valence electrons. The van der Waals surface area contributed by atoms with Crippen LogP contribution in [0.3, 0.4) is 0 Å². The lowest BCUT2D eigenvalue weighted by atomic mass is 9.79. The standard InChI is InChI=1S/C13H18N3O6S/c1-5(2)3-13(12(14)21)9(17)7-8(22-7)10(18)16(13)15-6(4-23)11(19)20/h5-8,14-15,23H,3-4H2,1-2H3,(H,19,20)/t6-,7-,8-,13+/m0/s1. The molecule has 2 amide bonds. The van der Waals surface area contributed by atoms with Crippen LogP contribution in [0.1, 0.15) is 20.3 Å². The van der Waals surface area contributed by atoms with Crippen molar-refractivity contribution in [1.29, 1.82) is 0 Å². The number of hydrazine groups is 1. The number of epoxide rings is 1. The summed E-state index contributed by atoms with van der Waals surface area (Å²) in [4.78, 5) is 48.2. The maximum atomic E-state index is 12.6. The van der Waals surface area contributed by atoms with Gasteiger partial charge in [0, 0.05) is 5.75 Å². The molecular weight excluding hydrogens is 326 g/mol. The highest BCUT2D eigenvalue weighted by Gasteiger charge is 2.69. The Bertz CT molecular complexity index is 568. The maximum Gasteiger partial charge on any atom is 0.323 e. The van der Waals surface area contributed by atoms with E-state index in [1.54, 1.807) is 13.8 Å². The molecule has 1 radical (unpaired) electrons. The van der Waals surface area contributed by atoms with Gasteiger partial charge in [-0.3, -0.25) is 29.9 Å². The normalized spacial score (nSPS) is 31.0. The molecule has 2 saturated heterocycles. The number of carbonyl (C=O) groups is 4. The predicted molar refractivity (Wildman–Crippen MR) is 79.2 cm³/mol. The minimum Gasteiger partial charge on any atom is -0.480 e. The minimum atomic E-state index is -2.08. The van der Waals surface area contributed by atoms with Crippen LogP contribution in [0.4, 0.5) is 0 Å². The van der Waals surface area contributed by atoms with Crippen molar-refractivity contribution in [3.63, 3.8) is 0 Å². The van der Waals surface area contributed by atoms with Crippen LogP contribution >= 0.6 is 12.6 Å². The Morgan fingerprint density at radius 2 is 2.04 bits per heavy atom. The van der Waals surface area contributed by atoms with Crippen LogP contribution in [0.2, 0.25) is 0 Å². The first-order valence-corrected chi connectivity index (χ1v) is 7.69. The number of amides is 2. The molecule has 0 aromatic heterocycles. The lowest BCUT2D eigenvalue weighted by Gasteiger charge is -2.43.